The number of benzene rings is 1. The highest BCUT2D eigenvalue weighted by molar-refractivity contribution is 5.43. The van der Waals surface area contributed by atoms with Gasteiger partial charge in [-0.3, -0.25) is 0 Å². The second kappa shape index (κ2) is 9.22. The highest BCUT2D eigenvalue weighted by Gasteiger charge is 2.16. The molecule has 2 atom stereocenters. The van der Waals surface area contributed by atoms with Crippen LogP contribution in [-0.4, -0.2) is 63.4 Å². The van der Waals surface area contributed by atoms with E-state index < -0.39 is 6.10 Å². The minimum absolute atomic E-state index is 0.219. The molecule has 0 unspecified atom stereocenters. The minimum Gasteiger partial charge on any atom is -0.486 e. The van der Waals surface area contributed by atoms with Crippen molar-refractivity contribution in [3.63, 3.8) is 0 Å². The second-order valence-electron chi connectivity index (χ2n) is 6.37. The Labute approximate surface area is 143 Å². The minimum atomic E-state index is -0.438. The summed E-state index contributed by atoms with van der Waals surface area (Å²) in [5.74, 6) is 1.66. The maximum absolute atomic E-state index is 9.94. The van der Waals surface area contributed by atoms with Gasteiger partial charge < -0.3 is 29.4 Å². The second-order valence-corrected chi connectivity index (χ2v) is 6.37. The standard InChI is InChI=1S/C18H27NO5/c20-15(12-21-13-16-2-1-7-22-16)11-19-6-5-14-3-4-17-18(10-14)24-9-8-23-17/h3-4,10,15-16,19-20H,1-2,5-9,11-13H2/p+1/t15-,16-/m1/s1. The Morgan fingerprint density at radius 1 is 1.21 bits per heavy atom. The number of hydrogen-bond acceptors (Lipinski definition) is 5. The van der Waals surface area contributed by atoms with Crippen molar-refractivity contribution in [1.29, 1.82) is 0 Å². The molecule has 0 aliphatic carbocycles. The van der Waals surface area contributed by atoms with Crippen LogP contribution in [0, 0.1) is 0 Å². The molecular formula is C18H28NO5+. The molecule has 0 amide bonds. The van der Waals surface area contributed by atoms with Crippen LogP contribution in [0.5, 0.6) is 11.5 Å². The third kappa shape index (κ3) is 5.34. The number of quaternary nitrogens is 1. The highest BCUT2D eigenvalue weighted by Crippen LogP contribution is 2.30. The van der Waals surface area contributed by atoms with Gasteiger partial charge in [0.2, 0.25) is 0 Å². The molecule has 6 heteroatoms. The fourth-order valence-corrected chi connectivity index (χ4v) is 3.00. The fourth-order valence-electron chi connectivity index (χ4n) is 3.00. The third-order valence-corrected chi connectivity index (χ3v) is 4.32. The largest absolute Gasteiger partial charge is 0.486 e. The van der Waals surface area contributed by atoms with Crippen molar-refractivity contribution in [1.82, 2.24) is 0 Å². The lowest BCUT2D eigenvalue weighted by Gasteiger charge is -2.18. The van der Waals surface area contributed by atoms with E-state index in [1.165, 1.54) is 5.56 Å². The Bertz CT molecular complexity index is 504. The molecule has 1 fully saturated rings. The predicted octanol–water partition coefficient (Wildman–Crippen LogP) is 0.120. The molecule has 134 valence electrons. The van der Waals surface area contributed by atoms with Crippen LogP contribution in [-0.2, 0) is 15.9 Å². The molecule has 0 spiro atoms. The van der Waals surface area contributed by atoms with E-state index >= 15 is 0 Å². The van der Waals surface area contributed by atoms with Gasteiger partial charge in [0.1, 0.15) is 25.9 Å². The van der Waals surface area contributed by atoms with Gasteiger partial charge in [0, 0.05) is 13.0 Å². The predicted molar refractivity (Wildman–Crippen MR) is 88.6 cm³/mol. The summed E-state index contributed by atoms with van der Waals surface area (Å²) in [6.07, 6.45) is 2.89. The summed E-state index contributed by atoms with van der Waals surface area (Å²) < 4.78 is 22.1. The molecule has 0 bridgehead atoms. The first kappa shape index (κ1) is 17.5. The Hall–Kier alpha value is -1.34. The summed E-state index contributed by atoms with van der Waals surface area (Å²) in [6, 6.07) is 6.09. The third-order valence-electron chi connectivity index (χ3n) is 4.32. The van der Waals surface area contributed by atoms with E-state index in [0.29, 0.717) is 33.0 Å². The van der Waals surface area contributed by atoms with E-state index in [2.05, 4.69) is 11.4 Å². The first-order chi connectivity index (χ1) is 11.8. The quantitative estimate of drug-likeness (QED) is 0.626. The van der Waals surface area contributed by atoms with Gasteiger partial charge >= 0.3 is 0 Å². The van der Waals surface area contributed by atoms with Crippen LogP contribution in [0.1, 0.15) is 18.4 Å². The van der Waals surface area contributed by atoms with Crippen molar-refractivity contribution in [2.24, 2.45) is 0 Å². The van der Waals surface area contributed by atoms with Crippen LogP contribution >= 0.6 is 0 Å². The molecule has 1 saturated heterocycles. The van der Waals surface area contributed by atoms with E-state index in [-0.39, 0.29) is 6.10 Å². The molecule has 6 nitrogen and oxygen atoms in total. The van der Waals surface area contributed by atoms with Crippen molar-refractivity contribution in [2.75, 3.05) is 46.1 Å². The van der Waals surface area contributed by atoms with Crippen LogP contribution in [0.3, 0.4) is 0 Å². The topological polar surface area (TPSA) is 73.8 Å². The summed E-state index contributed by atoms with van der Waals surface area (Å²) >= 11 is 0. The van der Waals surface area contributed by atoms with E-state index in [0.717, 1.165) is 43.9 Å². The number of nitrogens with two attached hydrogens (primary N) is 1. The van der Waals surface area contributed by atoms with Gasteiger partial charge in [-0.15, -0.1) is 0 Å². The van der Waals surface area contributed by atoms with E-state index in [1.807, 2.05) is 12.1 Å². The average Bonchev–Trinajstić information content (AvgIpc) is 3.12. The van der Waals surface area contributed by atoms with Crippen LogP contribution in [0.4, 0.5) is 0 Å². The maximum atomic E-state index is 9.94. The monoisotopic (exact) mass is 338 g/mol. The lowest BCUT2D eigenvalue weighted by Crippen LogP contribution is -2.87. The molecule has 0 radical (unpaired) electrons. The average molecular weight is 338 g/mol. The molecule has 2 aliphatic rings. The molecule has 0 aromatic heterocycles. The van der Waals surface area contributed by atoms with Gasteiger partial charge in [-0.25, -0.2) is 0 Å². The van der Waals surface area contributed by atoms with Gasteiger partial charge in [-0.05, 0) is 30.5 Å². The van der Waals surface area contributed by atoms with Gasteiger partial charge in [0.25, 0.3) is 0 Å². The van der Waals surface area contributed by atoms with Gasteiger partial charge in [0.05, 0.1) is 25.9 Å². The number of ether oxygens (including phenoxy) is 4. The van der Waals surface area contributed by atoms with Crippen LogP contribution in [0.15, 0.2) is 18.2 Å². The Morgan fingerprint density at radius 3 is 2.92 bits per heavy atom. The summed E-state index contributed by atoms with van der Waals surface area (Å²) in [7, 11) is 0. The number of aliphatic hydroxyl groups excluding tert-OH is 1. The molecule has 1 aromatic carbocycles. The van der Waals surface area contributed by atoms with Crippen molar-refractivity contribution in [3.8, 4) is 11.5 Å². The number of fused-ring (bicyclic) bond motifs is 1. The number of rotatable bonds is 9. The number of hydrogen-bond donors (Lipinski definition) is 2. The first-order valence-electron chi connectivity index (χ1n) is 8.89. The van der Waals surface area contributed by atoms with Crippen LogP contribution in [0.25, 0.3) is 0 Å². The normalized spacial score (nSPS) is 21.0. The highest BCUT2D eigenvalue weighted by atomic mass is 16.6. The molecular weight excluding hydrogens is 310 g/mol. The van der Waals surface area contributed by atoms with Gasteiger partial charge in [-0.2, -0.15) is 0 Å². The molecule has 2 heterocycles. The Morgan fingerprint density at radius 2 is 2.08 bits per heavy atom. The van der Waals surface area contributed by atoms with Crippen molar-refractivity contribution >= 4 is 0 Å². The smallest absolute Gasteiger partial charge is 0.161 e. The Kier molecular flexibility index (Phi) is 6.72. The molecule has 3 N–H and O–H groups in total. The van der Waals surface area contributed by atoms with Crippen LogP contribution < -0.4 is 14.8 Å². The lowest BCUT2D eigenvalue weighted by atomic mass is 10.1. The zero-order valence-corrected chi connectivity index (χ0v) is 14.1. The van der Waals surface area contributed by atoms with Gasteiger partial charge in [0.15, 0.2) is 11.5 Å². The molecule has 24 heavy (non-hydrogen) atoms. The lowest BCUT2D eigenvalue weighted by molar-refractivity contribution is -0.660. The fraction of sp³-hybridized carbons (Fsp3) is 0.667. The van der Waals surface area contributed by atoms with Gasteiger partial charge in [-0.1, -0.05) is 6.07 Å². The summed E-state index contributed by atoms with van der Waals surface area (Å²) in [6.45, 7) is 4.60. The molecule has 0 saturated carbocycles. The first-order valence-corrected chi connectivity index (χ1v) is 8.89. The van der Waals surface area contributed by atoms with Crippen LogP contribution in [0.2, 0.25) is 0 Å². The van der Waals surface area contributed by atoms with E-state index in [9.17, 15) is 5.11 Å². The molecule has 2 aliphatic heterocycles. The van der Waals surface area contributed by atoms with Crippen molar-refractivity contribution in [3.05, 3.63) is 23.8 Å². The Balaban J connectivity index is 1.27. The molecule has 1 aromatic rings. The van der Waals surface area contributed by atoms with Crippen molar-refractivity contribution < 1.29 is 29.4 Å². The molecule has 3 rings (SSSR count). The number of aliphatic hydroxyl groups is 1. The summed E-state index contributed by atoms with van der Waals surface area (Å²) in [4.78, 5) is 0. The van der Waals surface area contributed by atoms with Crippen molar-refractivity contribution in [2.45, 2.75) is 31.5 Å². The zero-order valence-electron chi connectivity index (χ0n) is 14.1. The maximum Gasteiger partial charge on any atom is 0.161 e. The summed E-state index contributed by atoms with van der Waals surface area (Å²) in [5.41, 5.74) is 1.22. The van der Waals surface area contributed by atoms with E-state index in [4.69, 9.17) is 18.9 Å². The SMILES string of the molecule is O[C@H](C[NH2+]CCc1ccc2c(c1)OCCO2)COC[C@H]1CCCO1. The summed E-state index contributed by atoms with van der Waals surface area (Å²) in [5, 5.41) is 12.1. The zero-order chi connectivity index (χ0) is 16.6. The van der Waals surface area contributed by atoms with E-state index in [1.54, 1.807) is 0 Å².